The number of ketones is 1. The van der Waals surface area contributed by atoms with E-state index in [4.69, 9.17) is 5.26 Å². The van der Waals surface area contributed by atoms with Crippen LogP contribution in [0.2, 0.25) is 0 Å². The maximum absolute atomic E-state index is 13.3. The standard InChI is InChI=1S/C18H14F4N4O3/c1-9(18(20,21)22)24-17(29)15(27)11-6-14(26(2)8-11)16(28)25-12-3-4-13(19)10(5-12)7-23/h3-6,8-9H,1-2H3,(H,24,29)(H,25,28)/t9-/m1/s1. The predicted octanol–water partition coefficient (Wildman–Crippen LogP) is 2.54. The molecular formula is C18H14F4N4O3. The molecule has 1 aromatic carbocycles. The number of halogens is 4. The van der Waals surface area contributed by atoms with Crippen molar-refractivity contribution in [2.45, 2.75) is 19.1 Å². The number of anilines is 1. The van der Waals surface area contributed by atoms with Crippen molar-refractivity contribution in [2.24, 2.45) is 7.05 Å². The quantitative estimate of drug-likeness (QED) is 0.449. The number of nitrogens with one attached hydrogen (secondary N) is 2. The molecule has 29 heavy (non-hydrogen) atoms. The minimum atomic E-state index is -4.71. The Morgan fingerprint density at radius 3 is 2.45 bits per heavy atom. The summed E-state index contributed by atoms with van der Waals surface area (Å²) in [7, 11) is 1.38. The number of benzene rings is 1. The van der Waals surface area contributed by atoms with Crippen molar-refractivity contribution < 1.29 is 31.9 Å². The van der Waals surface area contributed by atoms with Crippen LogP contribution in [0.4, 0.5) is 23.2 Å². The summed E-state index contributed by atoms with van der Waals surface area (Å²) in [6.07, 6.45) is -3.60. The number of aromatic nitrogens is 1. The first-order valence-electron chi connectivity index (χ1n) is 8.03. The second-order valence-corrected chi connectivity index (χ2v) is 6.05. The Balaban J connectivity index is 2.17. The van der Waals surface area contributed by atoms with E-state index in [1.54, 1.807) is 11.4 Å². The van der Waals surface area contributed by atoms with Crippen molar-refractivity contribution in [3.8, 4) is 6.07 Å². The lowest BCUT2D eigenvalue weighted by Crippen LogP contribution is -2.45. The Morgan fingerprint density at radius 2 is 1.86 bits per heavy atom. The monoisotopic (exact) mass is 410 g/mol. The smallest absolute Gasteiger partial charge is 0.346 e. The molecule has 1 atom stereocenters. The van der Waals surface area contributed by atoms with E-state index in [1.165, 1.54) is 17.7 Å². The third-order valence-corrected chi connectivity index (χ3v) is 3.89. The average Bonchev–Trinajstić information content (AvgIpc) is 3.03. The average molecular weight is 410 g/mol. The molecule has 0 aliphatic carbocycles. The highest BCUT2D eigenvalue weighted by Gasteiger charge is 2.38. The van der Waals surface area contributed by atoms with Crippen molar-refractivity contribution in [3.05, 3.63) is 53.1 Å². The van der Waals surface area contributed by atoms with Gasteiger partial charge in [0.25, 0.3) is 17.6 Å². The number of Topliss-reactive ketones (excluding diaryl/α,β-unsaturated/α-hetero) is 1. The third-order valence-electron chi connectivity index (χ3n) is 3.89. The fraction of sp³-hybridized carbons (Fsp3) is 0.222. The molecule has 0 bridgehead atoms. The summed E-state index contributed by atoms with van der Waals surface area (Å²) in [6.45, 7) is 0.688. The van der Waals surface area contributed by atoms with E-state index in [2.05, 4.69) is 5.32 Å². The molecule has 0 unspecified atom stereocenters. The number of hydrogen-bond donors (Lipinski definition) is 2. The molecule has 0 fully saturated rings. The molecule has 11 heteroatoms. The Kier molecular flexibility index (Phi) is 6.06. The van der Waals surface area contributed by atoms with Gasteiger partial charge in [-0.25, -0.2) is 4.39 Å². The minimum absolute atomic E-state index is 0.0900. The van der Waals surface area contributed by atoms with E-state index in [-0.39, 0.29) is 22.5 Å². The molecule has 0 saturated carbocycles. The first kappa shape index (κ1) is 21.6. The van der Waals surface area contributed by atoms with E-state index in [0.717, 1.165) is 24.4 Å². The van der Waals surface area contributed by atoms with Gasteiger partial charge in [-0.05, 0) is 31.2 Å². The Morgan fingerprint density at radius 1 is 1.21 bits per heavy atom. The van der Waals surface area contributed by atoms with Crippen LogP contribution in [0.1, 0.15) is 33.3 Å². The molecule has 0 saturated heterocycles. The zero-order chi connectivity index (χ0) is 21.9. The first-order valence-corrected chi connectivity index (χ1v) is 8.03. The lowest BCUT2D eigenvalue weighted by Gasteiger charge is -2.16. The summed E-state index contributed by atoms with van der Waals surface area (Å²) >= 11 is 0. The van der Waals surface area contributed by atoms with Gasteiger partial charge in [-0.2, -0.15) is 18.4 Å². The molecule has 0 aliphatic heterocycles. The number of rotatable bonds is 5. The normalized spacial score (nSPS) is 12.0. The van der Waals surface area contributed by atoms with Crippen LogP contribution in [-0.4, -0.2) is 34.4 Å². The van der Waals surface area contributed by atoms with Gasteiger partial charge >= 0.3 is 6.18 Å². The highest BCUT2D eigenvalue weighted by molar-refractivity contribution is 6.43. The number of carbonyl (C=O) groups is 3. The third kappa shape index (κ3) is 4.98. The molecule has 2 amide bonds. The second-order valence-electron chi connectivity index (χ2n) is 6.05. The van der Waals surface area contributed by atoms with Crippen molar-refractivity contribution in [2.75, 3.05) is 5.32 Å². The highest BCUT2D eigenvalue weighted by atomic mass is 19.4. The van der Waals surface area contributed by atoms with Crippen LogP contribution >= 0.6 is 0 Å². The molecule has 2 rings (SSSR count). The molecule has 0 radical (unpaired) electrons. The van der Waals surface area contributed by atoms with Crippen LogP contribution in [-0.2, 0) is 11.8 Å². The van der Waals surface area contributed by atoms with Crippen molar-refractivity contribution in [1.29, 1.82) is 5.26 Å². The van der Waals surface area contributed by atoms with Gasteiger partial charge in [0.1, 0.15) is 23.6 Å². The molecular weight excluding hydrogens is 396 g/mol. The Bertz CT molecular complexity index is 1020. The summed E-state index contributed by atoms with van der Waals surface area (Å²) < 4.78 is 52.1. The van der Waals surface area contributed by atoms with Crippen LogP contribution in [0.3, 0.4) is 0 Å². The van der Waals surface area contributed by atoms with Gasteiger partial charge in [-0.1, -0.05) is 0 Å². The number of hydrogen-bond acceptors (Lipinski definition) is 4. The van der Waals surface area contributed by atoms with Gasteiger partial charge in [0.05, 0.1) is 5.56 Å². The molecule has 1 heterocycles. The van der Waals surface area contributed by atoms with Gasteiger partial charge in [0.15, 0.2) is 0 Å². The van der Waals surface area contributed by atoms with Gasteiger partial charge in [-0.15, -0.1) is 0 Å². The SMILES string of the molecule is C[C@@H](NC(=O)C(=O)c1cc(C(=O)Nc2ccc(F)c(C#N)c2)n(C)c1)C(F)(F)F. The number of carbonyl (C=O) groups excluding carboxylic acids is 3. The van der Waals surface area contributed by atoms with Gasteiger partial charge in [-0.3, -0.25) is 14.4 Å². The Labute approximate surface area is 161 Å². The number of alkyl halides is 3. The topological polar surface area (TPSA) is 104 Å². The van der Waals surface area contributed by atoms with Crippen molar-refractivity contribution in [1.82, 2.24) is 9.88 Å². The predicted molar refractivity (Wildman–Crippen MR) is 92.5 cm³/mol. The summed E-state index contributed by atoms with van der Waals surface area (Å²) in [5, 5.41) is 12.8. The van der Waals surface area contributed by atoms with Crippen molar-refractivity contribution in [3.63, 3.8) is 0 Å². The summed E-state index contributed by atoms with van der Waals surface area (Å²) in [4.78, 5) is 36.2. The van der Waals surface area contributed by atoms with Crippen LogP contribution in [0.25, 0.3) is 0 Å². The first-order chi connectivity index (χ1) is 13.4. The highest BCUT2D eigenvalue weighted by Crippen LogP contribution is 2.20. The largest absolute Gasteiger partial charge is 0.408 e. The van der Waals surface area contributed by atoms with Gasteiger partial charge in [0.2, 0.25) is 0 Å². The fourth-order valence-electron chi connectivity index (χ4n) is 2.27. The van der Waals surface area contributed by atoms with Crippen LogP contribution in [0, 0.1) is 17.1 Å². The number of nitrogens with zero attached hydrogens (tertiary/aromatic N) is 2. The summed E-state index contributed by atoms with van der Waals surface area (Å²) in [5.41, 5.74) is -0.561. The van der Waals surface area contributed by atoms with Crippen molar-refractivity contribution >= 4 is 23.3 Å². The van der Waals surface area contributed by atoms with Crippen LogP contribution in [0.15, 0.2) is 30.5 Å². The maximum atomic E-state index is 13.3. The second kappa shape index (κ2) is 8.14. The van der Waals surface area contributed by atoms with E-state index in [1.807, 2.05) is 0 Å². The molecule has 2 N–H and O–H groups in total. The van der Waals surface area contributed by atoms with Crippen LogP contribution in [0.5, 0.6) is 0 Å². The van der Waals surface area contributed by atoms with E-state index < -0.39 is 35.6 Å². The fourth-order valence-corrected chi connectivity index (χ4v) is 2.27. The van der Waals surface area contributed by atoms with E-state index >= 15 is 0 Å². The number of aryl methyl sites for hydroxylation is 1. The summed E-state index contributed by atoms with van der Waals surface area (Å²) in [5.74, 6) is -4.23. The maximum Gasteiger partial charge on any atom is 0.408 e. The molecule has 7 nitrogen and oxygen atoms in total. The zero-order valence-corrected chi connectivity index (χ0v) is 15.1. The molecule has 1 aromatic heterocycles. The number of amides is 2. The van der Waals surface area contributed by atoms with Gasteiger partial charge < -0.3 is 15.2 Å². The van der Waals surface area contributed by atoms with Crippen LogP contribution < -0.4 is 10.6 Å². The molecule has 152 valence electrons. The zero-order valence-electron chi connectivity index (χ0n) is 15.1. The lowest BCUT2D eigenvalue weighted by atomic mass is 10.1. The molecule has 2 aromatic rings. The minimum Gasteiger partial charge on any atom is -0.346 e. The van der Waals surface area contributed by atoms with E-state index in [0.29, 0.717) is 6.92 Å². The molecule has 0 aliphatic rings. The van der Waals surface area contributed by atoms with E-state index in [9.17, 15) is 31.9 Å². The lowest BCUT2D eigenvalue weighted by molar-refractivity contribution is -0.156. The van der Waals surface area contributed by atoms with Gasteiger partial charge in [0, 0.05) is 24.5 Å². The summed E-state index contributed by atoms with van der Waals surface area (Å²) in [6, 6.07) is 3.73. The number of nitriles is 1. The molecule has 0 spiro atoms. The Hall–Kier alpha value is -3.68.